The molecule has 2 aliphatic rings. The molecule has 1 saturated heterocycles. The SMILES string of the molecule is CC1(C)CN([C@@H]2C[C@@H](c3ccccc3)c3ccc(Cl)cc32)CCN1.Cl.[Cl-].[H+]. The zero-order valence-electron chi connectivity index (χ0n) is 16.2. The van der Waals surface area contributed by atoms with Crippen LogP contribution in [0.3, 0.4) is 0 Å². The monoisotopic (exact) mass is 412 g/mol. The number of rotatable bonds is 2. The zero-order chi connectivity index (χ0) is 16.7. The highest BCUT2D eigenvalue weighted by molar-refractivity contribution is 6.30. The van der Waals surface area contributed by atoms with E-state index in [0.717, 1.165) is 31.1 Å². The number of fused-ring (bicyclic) bond motifs is 1. The van der Waals surface area contributed by atoms with Gasteiger partial charge in [0.1, 0.15) is 0 Å². The van der Waals surface area contributed by atoms with Crippen LogP contribution in [-0.4, -0.2) is 30.1 Å². The van der Waals surface area contributed by atoms with Crippen molar-refractivity contribution < 1.29 is 13.8 Å². The Labute approximate surface area is 175 Å². The second kappa shape index (κ2) is 8.50. The van der Waals surface area contributed by atoms with Gasteiger partial charge in [0.25, 0.3) is 0 Å². The Hall–Kier alpha value is -0.770. The Bertz CT molecular complexity index is 739. The van der Waals surface area contributed by atoms with Crippen molar-refractivity contribution in [2.45, 2.75) is 37.8 Å². The molecular formula is C21H27Cl3N2. The lowest BCUT2D eigenvalue weighted by atomic mass is 9.93. The Morgan fingerprint density at radius 1 is 1.12 bits per heavy atom. The van der Waals surface area contributed by atoms with E-state index in [4.69, 9.17) is 11.6 Å². The maximum absolute atomic E-state index is 6.35. The van der Waals surface area contributed by atoms with Gasteiger partial charge < -0.3 is 17.7 Å². The Balaban J connectivity index is 0.00000121. The summed E-state index contributed by atoms with van der Waals surface area (Å²) < 4.78 is 0. The number of hydrogen-bond donors (Lipinski definition) is 1. The van der Waals surface area contributed by atoms with Gasteiger partial charge in [0.2, 0.25) is 0 Å². The smallest absolute Gasteiger partial charge is 1.00 e. The van der Waals surface area contributed by atoms with Crippen molar-refractivity contribution in [2.24, 2.45) is 0 Å². The summed E-state index contributed by atoms with van der Waals surface area (Å²) >= 11 is 6.35. The van der Waals surface area contributed by atoms with E-state index in [1.807, 2.05) is 6.07 Å². The predicted molar refractivity (Wildman–Crippen MR) is 109 cm³/mol. The molecule has 4 rings (SSSR count). The normalized spacial score (nSPS) is 24.3. The van der Waals surface area contributed by atoms with Gasteiger partial charge in [-0.3, -0.25) is 4.90 Å². The van der Waals surface area contributed by atoms with Crippen LogP contribution in [0.15, 0.2) is 48.5 Å². The van der Waals surface area contributed by atoms with E-state index in [1.165, 1.54) is 16.7 Å². The molecule has 1 heterocycles. The molecule has 5 heteroatoms. The number of halogens is 3. The first kappa shape index (κ1) is 21.5. The summed E-state index contributed by atoms with van der Waals surface area (Å²) in [5.41, 5.74) is 4.46. The molecule has 0 unspecified atom stereocenters. The van der Waals surface area contributed by atoms with E-state index in [0.29, 0.717) is 12.0 Å². The highest BCUT2D eigenvalue weighted by atomic mass is 35.5. The minimum atomic E-state index is 0. The van der Waals surface area contributed by atoms with Crippen molar-refractivity contribution in [1.29, 1.82) is 0 Å². The van der Waals surface area contributed by atoms with Crippen molar-refractivity contribution in [3.05, 3.63) is 70.2 Å². The van der Waals surface area contributed by atoms with Gasteiger partial charge in [0.05, 0.1) is 0 Å². The third-order valence-electron chi connectivity index (χ3n) is 5.49. The molecule has 0 aromatic heterocycles. The summed E-state index contributed by atoms with van der Waals surface area (Å²) in [6.07, 6.45) is 1.15. The quantitative estimate of drug-likeness (QED) is 0.811. The fourth-order valence-corrected chi connectivity index (χ4v) is 4.60. The highest BCUT2D eigenvalue weighted by Crippen LogP contribution is 2.47. The molecule has 2 aromatic carbocycles. The van der Waals surface area contributed by atoms with Gasteiger partial charge in [-0.05, 0) is 49.1 Å². The Morgan fingerprint density at radius 3 is 2.54 bits per heavy atom. The molecular weight excluding hydrogens is 387 g/mol. The fourth-order valence-electron chi connectivity index (χ4n) is 4.42. The van der Waals surface area contributed by atoms with Crippen LogP contribution in [-0.2, 0) is 0 Å². The van der Waals surface area contributed by atoms with Gasteiger partial charge in [-0.25, -0.2) is 0 Å². The van der Waals surface area contributed by atoms with Crippen LogP contribution in [0.25, 0.3) is 0 Å². The first-order valence-corrected chi connectivity index (χ1v) is 9.25. The second-order valence-electron chi connectivity index (χ2n) is 7.77. The molecule has 0 spiro atoms. The summed E-state index contributed by atoms with van der Waals surface area (Å²) in [5.74, 6) is 0.474. The topological polar surface area (TPSA) is 15.3 Å². The van der Waals surface area contributed by atoms with E-state index in [9.17, 15) is 0 Å². The number of hydrogen-bond acceptors (Lipinski definition) is 2. The number of piperazine rings is 1. The minimum absolute atomic E-state index is 0. The first-order chi connectivity index (χ1) is 11.5. The van der Waals surface area contributed by atoms with Gasteiger partial charge >= 0.3 is 1.43 Å². The van der Waals surface area contributed by atoms with Crippen molar-refractivity contribution in [1.82, 2.24) is 10.2 Å². The molecule has 0 radical (unpaired) electrons. The van der Waals surface area contributed by atoms with Crippen LogP contribution in [0, 0.1) is 0 Å². The predicted octanol–water partition coefficient (Wildman–Crippen LogP) is 2.14. The highest BCUT2D eigenvalue weighted by Gasteiger charge is 2.38. The third kappa shape index (κ3) is 4.21. The molecule has 1 N–H and O–H groups in total. The maximum Gasteiger partial charge on any atom is 1.00 e. The average Bonchev–Trinajstić information content (AvgIpc) is 2.93. The lowest BCUT2D eigenvalue weighted by Gasteiger charge is -2.42. The molecule has 1 aliphatic heterocycles. The summed E-state index contributed by atoms with van der Waals surface area (Å²) in [6.45, 7) is 7.81. The van der Waals surface area contributed by atoms with Gasteiger partial charge in [0, 0.05) is 42.2 Å². The van der Waals surface area contributed by atoms with Crippen LogP contribution < -0.4 is 17.7 Å². The number of nitrogens with one attached hydrogen (secondary N) is 1. The third-order valence-corrected chi connectivity index (χ3v) is 5.72. The van der Waals surface area contributed by atoms with Gasteiger partial charge in [-0.1, -0.05) is 48.0 Å². The molecule has 0 amide bonds. The molecule has 1 fully saturated rings. The molecule has 0 saturated carbocycles. The maximum atomic E-state index is 6.35. The molecule has 1 aliphatic carbocycles. The lowest BCUT2D eigenvalue weighted by molar-refractivity contribution is -0.00000568. The van der Waals surface area contributed by atoms with E-state index in [-0.39, 0.29) is 31.8 Å². The molecule has 26 heavy (non-hydrogen) atoms. The van der Waals surface area contributed by atoms with Gasteiger partial charge in [0.15, 0.2) is 0 Å². The summed E-state index contributed by atoms with van der Waals surface area (Å²) in [6, 6.07) is 17.8. The van der Waals surface area contributed by atoms with Crippen LogP contribution in [0.4, 0.5) is 0 Å². The largest absolute Gasteiger partial charge is 1.00 e. The van der Waals surface area contributed by atoms with E-state index < -0.39 is 0 Å². The van der Waals surface area contributed by atoms with Crippen LogP contribution in [0.2, 0.25) is 5.02 Å². The second-order valence-corrected chi connectivity index (χ2v) is 8.21. The zero-order valence-corrected chi connectivity index (χ0v) is 17.5. The minimum Gasteiger partial charge on any atom is -1.00 e. The number of nitrogens with zero attached hydrogens (tertiary/aromatic N) is 1. The standard InChI is InChI=1S/C21H25ClN2.2ClH/c1-21(2)14-24(11-10-23-21)20-13-18(15-6-4-3-5-7-15)17-9-8-16(22)12-19(17)20;;/h3-9,12,18,20,23H,10-11,13-14H2,1-2H3;2*1H/t18-,20+;;/m0../s1. The van der Waals surface area contributed by atoms with Crippen molar-refractivity contribution >= 4 is 24.0 Å². The Morgan fingerprint density at radius 2 is 1.85 bits per heavy atom. The molecule has 2 nitrogen and oxygen atoms in total. The molecule has 0 bridgehead atoms. The first-order valence-electron chi connectivity index (χ1n) is 8.87. The van der Waals surface area contributed by atoms with Crippen LogP contribution in [0.1, 0.15) is 50.3 Å². The van der Waals surface area contributed by atoms with Crippen LogP contribution >= 0.6 is 24.0 Å². The van der Waals surface area contributed by atoms with Crippen molar-refractivity contribution in [3.8, 4) is 0 Å². The average molecular weight is 414 g/mol. The molecule has 142 valence electrons. The van der Waals surface area contributed by atoms with Crippen molar-refractivity contribution in [2.75, 3.05) is 19.6 Å². The molecule has 2 aromatic rings. The van der Waals surface area contributed by atoms with Crippen molar-refractivity contribution in [3.63, 3.8) is 0 Å². The summed E-state index contributed by atoms with van der Waals surface area (Å²) in [5, 5.41) is 4.47. The van der Waals surface area contributed by atoms with E-state index >= 15 is 0 Å². The van der Waals surface area contributed by atoms with E-state index in [2.05, 4.69) is 66.5 Å². The summed E-state index contributed by atoms with van der Waals surface area (Å²) in [7, 11) is 0. The molecule has 2 atom stereocenters. The Kier molecular flexibility index (Phi) is 7.04. The van der Waals surface area contributed by atoms with E-state index in [1.54, 1.807) is 0 Å². The van der Waals surface area contributed by atoms with Gasteiger partial charge in [-0.2, -0.15) is 0 Å². The number of benzene rings is 2. The fraction of sp³-hybridized carbons (Fsp3) is 0.429. The lowest BCUT2D eigenvalue weighted by Crippen LogP contribution is -3.00. The van der Waals surface area contributed by atoms with Gasteiger partial charge in [-0.15, -0.1) is 12.4 Å². The van der Waals surface area contributed by atoms with Crippen LogP contribution in [0.5, 0.6) is 0 Å². The summed E-state index contributed by atoms with van der Waals surface area (Å²) in [4.78, 5) is 2.65.